The van der Waals surface area contributed by atoms with Gasteiger partial charge < -0.3 is 14.8 Å². The number of hydrogen-bond donors (Lipinski definition) is 1. The molecule has 2 aromatic carbocycles. The molecule has 0 aliphatic carbocycles. The van der Waals surface area contributed by atoms with E-state index in [-0.39, 0.29) is 11.3 Å². The Labute approximate surface area is 167 Å². The van der Waals surface area contributed by atoms with Gasteiger partial charge in [-0.3, -0.25) is 4.79 Å². The van der Waals surface area contributed by atoms with E-state index in [4.69, 9.17) is 9.47 Å². The van der Waals surface area contributed by atoms with Crippen molar-refractivity contribution in [1.29, 1.82) is 0 Å². The summed E-state index contributed by atoms with van der Waals surface area (Å²) in [4.78, 5) is 24.5. The summed E-state index contributed by atoms with van der Waals surface area (Å²) in [5, 5.41) is 2.83. The molecule has 2 aromatic rings. The molecule has 150 valence electrons. The van der Waals surface area contributed by atoms with E-state index in [1.54, 1.807) is 32.0 Å². The van der Waals surface area contributed by atoms with Crippen LogP contribution in [0, 0.1) is 6.92 Å². The number of carbonyl (C=O) groups excluding carboxylic acids is 2. The lowest BCUT2D eigenvalue weighted by Crippen LogP contribution is -2.30. The lowest BCUT2D eigenvalue weighted by atomic mass is 9.87. The Morgan fingerprint density at radius 3 is 2.29 bits per heavy atom. The number of benzene rings is 2. The quantitative estimate of drug-likeness (QED) is 0.723. The number of ether oxygens (including phenoxy) is 2. The van der Waals surface area contributed by atoms with Gasteiger partial charge in [-0.15, -0.1) is 0 Å². The summed E-state index contributed by atoms with van der Waals surface area (Å²) in [5.41, 5.74) is 3.07. The monoisotopic (exact) mass is 383 g/mol. The molecule has 28 heavy (non-hydrogen) atoms. The first kappa shape index (κ1) is 21.5. The number of nitrogens with one attached hydrogen (secondary N) is 1. The summed E-state index contributed by atoms with van der Waals surface area (Å²) >= 11 is 0. The van der Waals surface area contributed by atoms with Crippen LogP contribution in [0.1, 0.15) is 56.1 Å². The van der Waals surface area contributed by atoms with Gasteiger partial charge in [-0.05, 0) is 61.6 Å². The molecule has 5 heteroatoms. The van der Waals surface area contributed by atoms with Crippen molar-refractivity contribution < 1.29 is 19.1 Å². The van der Waals surface area contributed by atoms with Gasteiger partial charge in [-0.1, -0.05) is 39.0 Å². The van der Waals surface area contributed by atoms with Crippen LogP contribution >= 0.6 is 0 Å². The van der Waals surface area contributed by atoms with E-state index in [0.717, 1.165) is 5.56 Å². The standard InChI is InChI=1S/C23H29NO4/c1-7-27-22(26)17-9-8-15(2)20(14-17)24-21(25)16(3)28-19-12-10-18(11-13-19)23(4,5)6/h8-14,16H,7H2,1-6H3,(H,24,25)/t16-/m1/s1. The molecule has 0 aromatic heterocycles. The molecule has 1 N–H and O–H groups in total. The topological polar surface area (TPSA) is 64.6 Å². The second kappa shape index (κ2) is 8.91. The maximum atomic E-state index is 12.5. The van der Waals surface area contributed by atoms with Gasteiger partial charge in [0.25, 0.3) is 5.91 Å². The van der Waals surface area contributed by atoms with Crippen LogP contribution in [0.2, 0.25) is 0 Å². The van der Waals surface area contributed by atoms with Gasteiger partial charge in [0.05, 0.1) is 12.2 Å². The Morgan fingerprint density at radius 1 is 1.07 bits per heavy atom. The average molecular weight is 383 g/mol. The first-order chi connectivity index (χ1) is 13.1. The van der Waals surface area contributed by atoms with Crippen LogP contribution < -0.4 is 10.1 Å². The fraction of sp³-hybridized carbons (Fsp3) is 0.391. The van der Waals surface area contributed by atoms with Crippen LogP contribution in [0.3, 0.4) is 0 Å². The molecule has 0 heterocycles. The summed E-state index contributed by atoms with van der Waals surface area (Å²) in [5.74, 6) is -0.0714. The molecule has 0 aliphatic rings. The minimum Gasteiger partial charge on any atom is -0.481 e. The van der Waals surface area contributed by atoms with Crippen molar-refractivity contribution in [2.75, 3.05) is 11.9 Å². The largest absolute Gasteiger partial charge is 0.481 e. The SMILES string of the molecule is CCOC(=O)c1ccc(C)c(NC(=O)[C@@H](C)Oc2ccc(C(C)(C)C)cc2)c1. The van der Waals surface area contributed by atoms with Crippen molar-refractivity contribution in [3.05, 3.63) is 59.2 Å². The highest BCUT2D eigenvalue weighted by Crippen LogP contribution is 2.25. The van der Waals surface area contributed by atoms with Gasteiger partial charge in [0.1, 0.15) is 5.75 Å². The predicted octanol–water partition coefficient (Wildman–Crippen LogP) is 4.88. The van der Waals surface area contributed by atoms with Crippen LogP contribution in [0.4, 0.5) is 5.69 Å². The van der Waals surface area contributed by atoms with Gasteiger partial charge >= 0.3 is 5.97 Å². The van der Waals surface area contributed by atoms with Gasteiger partial charge in [0.2, 0.25) is 0 Å². The van der Waals surface area contributed by atoms with Crippen LogP contribution in [0.5, 0.6) is 5.75 Å². The normalized spacial score (nSPS) is 12.2. The summed E-state index contributed by atoms with van der Waals surface area (Å²) in [6, 6.07) is 12.8. The Balaban J connectivity index is 2.06. The summed E-state index contributed by atoms with van der Waals surface area (Å²) in [6.45, 7) is 12.0. The third kappa shape index (κ3) is 5.59. The predicted molar refractivity (Wildman–Crippen MR) is 111 cm³/mol. The molecule has 1 amide bonds. The Kier molecular flexibility index (Phi) is 6.84. The molecule has 0 radical (unpaired) electrons. The molecule has 0 spiro atoms. The number of esters is 1. The second-order valence-corrected chi connectivity index (χ2v) is 7.77. The second-order valence-electron chi connectivity index (χ2n) is 7.77. The highest BCUT2D eigenvalue weighted by molar-refractivity contribution is 5.97. The van der Waals surface area contributed by atoms with E-state index in [0.29, 0.717) is 23.6 Å². The first-order valence-electron chi connectivity index (χ1n) is 9.47. The number of hydrogen-bond acceptors (Lipinski definition) is 4. The molecule has 2 rings (SSSR count). The fourth-order valence-corrected chi connectivity index (χ4v) is 2.62. The minimum absolute atomic E-state index is 0.0585. The lowest BCUT2D eigenvalue weighted by Gasteiger charge is -2.20. The number of aryl methyl sites for hydroxylation is 1. The minimum atomic E-state index is -0.689. The zero-order valence-corrected chi connectivity index (χ0v) is 17.5. The molecule has 0 fully saturated rings. The molecule has 0 bridgehead atoms. The van der Waals surface area contributed by atoms with E-state index < -0.39 is 12.1 Å². The Morgan fingerprint density at radius 2 is 1.71 bits per heavy atom. The number of amides is 1. The number of rotatable bonds is 6. The highest BCUT2D eigenvalue weighted by Gasteiger charge is 2.18. The van der Waals surface area contributed by atoms with E-state index in [9.17, 15) is 9.59 Å². The Bertz CT molecular complexity index is 835. The molecule has 0 saturated heterocycles. The summed E-state index contributed by atoms with van der Waals surface area (Å²) < 4.78 is 10.8. The van der Waals surface area contributed by atoms with Crippen LogP contribution in [-0.4, -0.2) is 24.6 Å². The summed E-state index contributed by atoms with van der Waals surface area (Å²) in [6.07, 6.45) is -0.689. The van der Waals surface area contributed by atoms with E-state index >= 15 is 0 Å². The third-order valence-corrected chi connectivity index (χ3v) is 4.41. The van der Waals surface area contributed by atoms with Crippen molar-refractivity contribution in [2.24, 2.45) is 0 Å². The number of anilines is 1. The lowest BCUT2D eigenvalue weighted by molar-refractivity contribution is -0.122. The number of carbonyl (C=O) groups is 2. The smallest absolute Gasteiger partial charge is 0.338 e. The molecular formula is C23H29NO4. The van der Waals surface area contributed by atoms with Crippen molar-refractivity contribution in [3.63, 3.8) is 0 Å². The average Bonchev–Trinajstić information content (AvgIpc) is 2.63. The highest BCUT2D eigenvalue weighted by atomic mass is 16.5. The maximum absolute atomic E-state index is 12.5. The van der Waals surface area contributed by atoms with Crippen LogP contribution in [0.15, 0.2) is 42.5 Å². The van der Waals surface area contributed by atoms with Gasteiger partial charge in [-0.2, -0.15) is 0 Å². The Hall–Kier alpha value is -2.82. The van der Waals surface area contributed by atoms with Crippen molar-refractivity contribution >= 4 is 17.6 Å². The van der Waals surface area contributed by atoms with Gasteiger partial charge in [0.15, 0.2) is 6.10 Å². The fourth-order valence-electron chi connectivity index (χ4n) is 2.62. The van der Waals surface area contributed by atoms with E-state index in [2.05, 4.69) is 26.1 Å². The van der Waals surface area contributed by atoms with E-state index in [1.165, 1.54) is 5.56 Å². The first-order valence-corrected chi connectivity index (χ1v) is 9.47. The van der Waals surface area contributed by atoms with Crippen molar-refractivity contribution in [2.45, 2.75) is 53.1 Å². The van der Waals surface area contributed by atoms with Gasteiger partial charge in [-0.25, -0.2) is 4.79 Å². The molecular weight excluding hydrogens is 354 g/mol. The van der Waals surface area contributed by atoms with Crippen molar-refractivity contribution in [1.82, 2.24) is 0 Å². The molecule has 0 unspecified atom stereocenters. The molecule has 5 nitrogen and oxygen atoms in total. The van der Waals surface area contributed by atoms with Crippen molar-refractivity contribution in [3.8, 4) is 5.75 Å². The van der Waals surface area contributed by atoms with E-state index in [1.807, 2.05) is 31.2 Å². The van der Waals surface area contributed by atoms with Crippen LogP contribution in [-0.2, 0) is 14.9 Å². The van der Waals surface area contributed by atoms with Gasteiger partial charge in [0, 0.05) is 5.69 Å². The molecule has 0 aliphatic heterocycles. The molecule has 1 atom stereocenters. The zero-order chi connectivity index (χ0) is 20.9. The summed E-state index contributed by atoms with van der Waals surface area (Å²) in [7, 11) is 0. The maximum Gasteiger partial charge on any atom is 0.338 e. The van der Waals surface area contributed by atoms with Crippen LogP contribution in [0.25, 0.3) is 0 Å². The molecule has 0 saturated carbocycles. The zero-order valence-electron chi connectivity index (χ0n) is 17.5. The third-order valence-electron chi connectivity index (χ3n) is 4.41.